The van der Waals surface area contributed by atoms with Crippen LogP contribution >= 0.6 is 11.6 Å². The monoisotopic (exact) mass is 187 g/mol. The first-order chi connectivity index (χ1) is 6.38. The highest BCUT2D eigenvalue weighted by molar-refractivity contribution is 6.33. The molecule has 13 heavy (non-hydrogen) atoms. The molecule has 0 nitrogen and oxygen atoms in total. The maximum absolute atomic E-state index is 6.04. The second-order valence-corrected chi connectivity index (χ2v) is 3.16. The predicted octanol–water partition coefficient (Wildman–Crippen LogP) is 3.81. The minimum atomic E-state index is 0.768. The van der Waals surface area contributed by atoms with Crippen LogP contribution in [0.5, 0.6) is 0 Å². The normalized spacial score (nSPS) is 9.92. The molecule has 63 valence electrons. The van der Waals surface area contributed by atoms with Gasteiger partial charge < -0.3 is 0 Å². The largest absolute Gasteiger partial charge is 0.0837 e. The van der Waals surface area contributed by atoms with Gasteiger partial charge in [0.25, 0.3) is 0 Å². The Morgan fingerprint density at radius 3 is 2.38 bits per heavy atom. The average molecular weight is 188 g/mol. The fourth-order valence-corrected chi connectivity index (χ4v) is 1.48. The summed E-state index contributed by atoms with van der Waals surface area (Å²) in [5, 5.41) is 0.768. The van der Waals surface area contributed by atoms with Crippen molar-refractivity contribution in [3.8, 4) is 11.1 Å². The van der Waals surface area contributed by atoms with Crippen molar-refractivity contribution in [3.05, 3.63) is 59.6 Å². The van der Waals surface area contributed by atoms with Crippen molar-refractivity contribution in [2.24, 2.45) is 0 Å². The summed E-state index contributed by atoms with van der Waals surface area (Å²) in [5.41, 5.74) is 2.07. The van der Waals surface area contributed by atoms with Crippen molar-refractivity contribution in [2.45, 2.75) is 0 Å². The summed E-state index contributed by atoms with van der Waals surface area (Å²) in [4.78, 5) is 0. The molecule has 0 aliphatic carbocycles. The van der Waals surface area contributed by atoms with Crippen LogP contribution in [0.2, 0.25) is 5.02 Å². The second-order valence-electron chi connectivity index (χ2n) is 2.76. The van der Waals surface area contributed by atoms with Crippen molar-refractivity contribution in [1.29, 1.82) is 0 Å². The van der Waals surface area contributed by atoms with E-state index in [0.717, 1.165) is 16.1 Å². The van der Waals surface area contributed by atoms with E-state index in [1.54, 1.807) is 0 Å². The van der Waals surface area contributed by atoms with Crippen LogP contribution in [0.4, 0.5) is 0 Å². The van der Waals surface area contributed by atoms with Gasteiger partial charge in [-0.1, -0.05) is 54.1 Å². The van der Waals surface area contributed by atoms with Gasteiger partial charge in [0.2, 0.25) is 0 Å². The molecule has 0 amide bonds. The van der Waals surface area contributed by atoms with Crippen LogP contribution in [0.1, 0.15) is 0 Å². The number of rotatable bonds is 1. The molecule has 1 radical (unpaired) electrons. The fraction of sp³-hybridized carbons (Fsp3) is 0. The molecule has 2 aromatic rings. The smallest absolute Gasteiger partial charge is 0.0484 e. The molecule has 2 aromatic carbocycles. The zero-order chi connectivity index (χ0) is 9.10. The average Bonchev–Trinajstić information content (AvgIpc) is 2.20. The van der Waals surface area contributed by atoms with Crippen LogP contribution in [0.3, 0.4) is 0 Å². The van der Waals surface area contributed by atoms with E-state index in [1.165, 1.54) is 0 Å². The highest BCUT2D eigenvalue weighted by Gasteiger charge is 2.00. The third-order valence-corrected chi connectivity index (χ3v) is 2.20. The third-order valence-electron chi connectivity index (χ3n) is 1.87. The Hall–Kier alpha value is -1.27. The molecule has 0 fully saturated rings. The van der Waals surface area contributed by atoms with Gasteiger partial charge in [-0.25, -0.2) is 0 Å². The van der Waals surface area contributed by atoms with Gasteiger partial charge in [-0.05, 0) is 17.7 Å². The molecule has 0 saturated heterocycles. The van der Waals surface area contributed by atoms with E-state index in [1.807, 2.05) is 48.5 Å². The van der Waals surface area contributed by atoms with Crippen LogP contribution in [0.15, 0.2) is 48.5 Å². The Labute approximate surface area is 82.8 Å². The minimum absolute atomic E-state index is 0.768. The van der Waals surface area contributed by atoms with Gasteiger partial charge in [-0.15, -0.1) is 0 Å². The Morgan fingerprint density at radius 1 is 0.923 bits per heavy atom. The summed E-state index contributed by atoms with van der Waals surface area (Å²) in [7, 11) is 0. The Bertz CT molecular complexity index is 393. The SMILES string of the molecule is Clc1ccccc1-c1[c]cccc1. The van der Waals surface area contributed by atoms with Gasteiger partial charge >= 0.3 is 0 Å². The lowest BCUT2D eigenvalue weighted by molar-refractivity contribution is 1.61. The van der Waals surface area contributed by atoms with E-state index in [4.69, 9.17) is 11.6 Å². The van der Waals surface area contributed by atoms with Crippen molar-refractivity contribution in [3.63, 3.8) is 0 Å². The number of hydrogen-bond acceptors (Lipinski definition) is 0. The number of hydrogen-bond donors (Lipinski definition) is 0. The molecule has 0 aliphatic heterocycles. The van der Waals surface area contributed by atoms with Crippen molar-refractivity contribution in [1.82, 2.24) is 0 Å². The van der Waals surface area contributed by atoms with Crippen LogP contribution < -0.4 is 0 Å². The van der Waals surface area contributed by atoms with Gasteiger partial charge in [0.15, 0.2) is 0 Å². The maximum atomic E-state index is 6.04. The van der Waals surface area contributed by atoms with Crippen LogP contribution in [0, 0.1) is 6.07 Å². The highest BCUT2D eigenvalue weighted by atomic mass is 35.5. The summed E-state index contributed by atoms with van der Waals surface area (Å²) in [6.07, 6.45) is 0. The van der Waals surface area contributed by atoms with Crippen molar-refractivity contribution in [2.75, 3.05) is 0 Å². The lowest BCUT2D eigenvalue weighted by Gasteiger charge is -2.02. The number of benzene rings is 2. The maximum Gasteiger partial charge on any atom is 0.0484 e. The van der Waals surface area contributed by atoms with Crippen LogP contribution in [0.25, 0.3) is 11.1 Å². The van der Waals surface area contributed by atoms with Crippen molar-refractivity contribution >= 4 is 11.6 Å². The predicted molar refractivity (Wildman–Crippen MR) is 55.7 cm³/mol. The fourth-order valence-electron chi connectivity index (χ4n) is 1.24. The Kier molecular flexibility index (Phi) is 2.33. The van der Waals surface area contributed by atoms with E-state index in [9.17, 15) is 0 Å². The van der Waals surface area contributed by atoms with E-state index in [-0.39, 0.29) is 0 Å². The summed E-state index contributed by atoms with van der Waals surface area (Å²) >= 11 is 6.04. The first-order valence-corrected chi connectivity index (χ1v) is 4.47. The lowest BCUT2D eigenvalue weighted by atomic mass is 10.1. The van der Waals surface area contributed by atoms with Gasteiger partial charge in [-0.2, -0.15) is 0 Å². The van der Waals surface area contributed by atoms with Gasteiger partial charge in [0.05, 0.1) is 0 Å². The van der Waals surface area contributed by atoms with Gasteiger partial charge in [0.1, 0.15) is 0 Å². The molecular formula is C12H8Cl. The molecule has 0 aromatic heterocycles. The second kappa shape index (κ2) is 3.63. The molecule has 0 unspecified atom stereocenters. The minimum Gasteiger partial charge on any atom is -0.0837 e. The summed E-state index contributed by atoms with van der Waals surface area (Å²) < 4.78 is 0. The van der Waals surface area contributed by atoms with E-state index >= 15 is 0 Å². The molecule has 0 aliphatic rings. The van der Waals surface area contributed by atoms with Crippen LogP contribution in [-0.2, 0) is 0 Å². The van der Waals surface area contributed by atoms with Crippen molar-refractivity contribution < 1.29 is 0 Å². The first kappa shape index (κ1) is 8.33. The van der Waals surface area contributed by atoms with E-state index < -0.39 is 0 Å². The zero-order valence-corrected chi connectivity index (χ0v) is 7.75. The molecule has 0 atom stereocenters. The molecule has 0 bridgehead atoms. The van der Waals surface area contributed by atoms with Gasteiger partial charge in [-0.3, -0.25) is 0 Å². The molecule has 0 spiro atoms. The third kappa shape index (κ3) is 1.73. The summed E-state index contributed by atoms with van der Waals surface area (Å²) in [5.74, 6) is 0. The molecule has 1 heteroatoms. The Morgan fingerprint density at radius 2 is 1.69 bits per heavy atom. The Balaban J connectivity index is 2.54. The lowest BCUT2D eigenvalue weighted by Crippen LogP contribution is -1.77. The standard InChI is InChI=1S/C12H8Cl/c13-12-9-5-4-8-11(12)10-6-2-1-3-7-10/h1-6,8-9H. The molecule has 0 saturated carbocycles. The quantitative estimate of drug-likeness (QED) is 0.637. The molecule has 0 N–H and O–H groups in total. The van der Waals surface area contributed by atoms with Gasteiger partial charge in [0, 0.05) is 10.6 Å². The molecule has 2 rings (SSSR count). The number of halogens is 1. The topological polar surface area (TPSA) is 0 Å². The van der Waals surface area contributed by atoms with Crippen LogP contribution in [-0.4, -0.2) is 0 Å². The molecular weight excluding hydrogens is 180 g/mol. The van der Waals surface area contributed by atoms with E-state index in [0.29, 0.717) is 0 Å². The zero-order valence-electron chi connectivity index (χ0n) is 7.00. The summed E-state index contributed by atoms with van der Waals surface area (Å²) in [6.45, 7) is 0. The summed E-state index contributed by atoms with van der Waals surface area (Å²) in [6, 6.07) is 18.7. The van der Waals surface area contributed by atoms with E-state index in [2.05, 4.69) is 6.07 Å². The first-order valence-electron chi connectivity index (χ1n) is 4.09. The highest BCUT2D eigenvalue weighted by Crippen LogP contribution is 2.26. The molecule has 0 heterocycles.